The largest absolute Gasteiger partial charge is 0.478 e. The smallest absolute Gasteiger partial charge is 0.335 e. The first-order chi connectivity index (χ1) is 8.84. The number of halogens is 1. The summed E-state index contributed by atoms with van der Waals surface area (Å²) in [5.41, 5.74) is 0.102. The van der Waals surface area contributed by atoms with Gasteiger partial charge in [0.25, 0.3) is 0 Å². The van der Waals surface area contributed by atoms with E-state index in [0.717, 1.165) is 6.42 Å². The first-order valence-electron chi connectivity index (χ1n) is 6.05. The molecule has 1 aromatic rings. The standard InChI is InChI=1S/C13H17ClN2O3/c1-13(2)8(6-9(13)19-3)15-11-5-7(12(17)18)4-10(14)16-11/h4-5,8-9H,6H2,1-3H3,(H,15,16)(H,17,18). The third-order valence-corrected chi connectivity index (χ3v) is 4.02. The summed E-state index contributed by atoms with van der Waals surface area (Å²) in [5.74, 6) is -0.535. The lowest BCUT2D eigenvalue weighted by atomic mass is 9.64. The summed E-state index contributed by atoms with van der Waals surface area (Å²) in [7, 11) is 1.70. The number of carboxylic acids is 1. The Hall–Kier alpha value is -1.33. The minimum atomic E-state index is -1.02. The van der Waals surface area contributed by atoms with Crippen LogP contribution in [0.4, 0.5) is 5.82 Å². The van der Waals surface area contributed by atoms with Gasteiger partial charge in [0.15, 0.2) is 0 Å². The third-order valence-electron chi connectivity index (χ3n) is 3.83. The SMILES string of the molecule is COC1CC(Nc2cc(C(=O)O)cc(Cl)n2)C1(C)C. The molecule has 0 bridgehead atoms. The number of hydrogen-bond donors (Lipinski definition) is 2. The van der Waals surface area contributed by atoms with Crippen LogP contribution in [-0.2, 0) is 4.74 Å². The van der Waals surface area contributed by atoms with Crippen molar-refractivity contribution >= 4 is 23.4 Å². The maximum Gasteiger partial charge on any atom is 0.335 e. The lowest BCUT2D eigenvalue weighted by molar-refractivity contribution is -0.0795. The molecule has 2 unspecified atom stereocenters. The molecule has 19 heavy (non-hydrogen) atoms. The number of carboxylic acid groups (broad SMARTS) is 1. The second-order valence-electron chi connectivity index (χ2n) is 5.35. The van der Waals surface area contributed by atoms with Crippen LogP contribution in [0.5, 0.6) is 0 Å². The van der Waals surface area contributed by atoms with Crippen molar-refractivity contribution in [3.63, 3.8) is 0 Å². The minimum absolute atomic E-state index is 0.0257. The number of pyridine rings is 1. The molecule has 6 heteroatoms. The average molecular weight is 285 g/mol. The van der Waals surface area contributed by atoms with Crippen LogP contribution < -0.4 is 5.32 Å². The molecular weight excluding hydrogens is 268 g/mol. The Morgan fingerprint density at radius 1 is 1.58 bits per heavy atom. The summed E-state index contributed by atoms with van der Waals surface area (Å²) in [6.45, 7) is 4.20. The van der Waals surface area contributed by atoms with Gasteiger partial charge in [0, 0.05) is 18.6 Å². The van der Waals surface area contributed by atoms with E-state index in [0.29, 0.717) is 5.82 Å². The van der Waals surface area contributed by atoms with Crippen molar-refractivity contribution in [2.75, 3.05) is 12.4 Å². The Labute approximate surface area is 116 Å². The molecule has 2 rings (SSSR count). The Bertz CT molecular complexity index is 505. The third kappa shape index (κ3) is 2.67. The lowest BCUT2D eigenvalue weighted by Crippen LogP contribution is -2.57. The second-order valence-corrected chi connectivity index (χ2v) is 5.73. The van der Waals surface area contributed by atoms with E-state index >= 15 is 0 Å². The maximum atomic E-state index is 11.0. The number of aromatic nitrogens is 1. The molecule has 0 saturated heterocycles. The van der Waals surface area contributed by atoms with Crippen LogP contribution in [0.15, 0.2) is 12.1 Å². The van der Waals surface area contributed by atoms with Crippen molar-refractivity contribution in [3.05, 3.63) is 22.8 Å². The van der Waals surface area contributed by atoms with Gasteiger partial charge in [-0.1, -0.05) is 25.4 Å². The van der Waals surface area contributed by atoms with Gasteiger partial charge in [0.05, 0.1) is 11.7 Å². The van der Waals surface area contributed by atoms with Gasteiger partial charge in [-0.3, -0.25) is 0 Å². The van der Waals surface area contributed by atoms with Gasteiger partial charge >= 0.3 is 5.97 Å². The number of aromatic carboxylic acids is 1. The number of rotatable bonds is 4. The zero-order chi connectivity index (χ0) is 14.2. The quantitative estimate of drug-likeness (QED) is 0.832. The molecular formula is C13H17ClN2O3. The summed E-state index contributed by atoms with van der Waals surface area (Å²) >= 11 is 5.83. The van der Waals surface area contributed by atoms with Gasteiger partial charge < -0.3 is 15.2 Å². The van der Waals surface area contributed by atoms with Crippen LogP contribution in [0.25, 0.3) is 0 Å². The van der Waals surface area contributed by atoms with Gasteiger partial charge in [-0.05, 0) is 18.6 Å². The van der Waals surface area contributed by atoms with Crippen molar-refractivity contribution in [1.82, 2.24) is 4.98 Å². The number of nitrogens with one attached hydrogen (secondary N) is 1. The molecule has 0 aliphatic heterocycles. The zero-order valence-electron chi connectivity index (χ0n) is 11.1. The first kappa shape index (κ1) is 14.1. The lowest BCUT2D eigenvalue weighted by Gasteiger charge is -2.51. The molecule has 2 N–H and O–H groups in total. The fourth-order valence-electron chi connectivity index (χ4n) is 2.40. The summed E-state index contributed by atoms with van der Waals surface area (Å²) in [4.78, 5) is 15.1. The van der Waals surface area contributed by atoms with Crippen molar-refractivity contribution in [2.24, 2.45) is 5.41 Å². The number of methoxy groups -OCH3 is 1. The van der Waals surface area contributed by atoms with E-state index in [2.05, 4.69) is 24.1 Å². The highest BCUT2D eigenvalue weighted by Gasteiger charge is 2.48. The summed E-state index contributed by atoms with van der Waals surface area (Å²) in [6, 6.07) is 3.01. The summed E-state index contributed by atoms with van der Waals surface area (Å²) in [6.07, 6.45) is 1.06. The number of nitrogens with zero attached hydrogens (tertiary/aromatic N) is 1. The Morgan fingerprint density at radius 2 is 2.26 bits per heavy atom. The van der Waals surface area contributed by atoms with Crippen LogP contribution in [0, 0.1) is 5.41 Å². The van der Waals surface area contributed by atoms with Gasteiger partial charge in [-0.15, -0.1) is 0 Å². The molecule has 5 nitrogen and oxygen atoms in total. The monoisotopic (exact) mass is 284 g/mol. The summed E-state index contributed by atoms with van der Waals surface area (Å²) < 4.78 is 5.37. The predicted octanol–water partition coefficient (Wildman–Crippen LogP) is 2.66. The predicted molar refractivity (Wildman–Crippen MR) is 72.8 cm³/mol. The minimum Gasteiger partial charge on any atom is -0.478 e. The molecule has 0 aromatic carbocycles. The van der Waals surface area contributed by atoms with Crippen molar-refractivity contribution < 1.29 is 14.6 Å². The normalized spacial score (nSPS) is 24.6. The number of anilines is 1. The molecule has 1 fully saturated rings. The van der Waals surface area contributed by atoms with Crippen LogP contribution in [0.1, 0.15) is 30.6 Å². The molecule has 1 aliphatic rings. The fourth-order valence-corrected chi connectivity index (χ4v) is 2.61. The topological polar surface area (TPSA) is 71.5 Å². The highest BCUT2D eigenvalue weighted by atomic mass is 35.5. The van der Waals surface area contributed by atoms with Gasteiger partial charge in [0.2, 0.25) is 0 Å². The van der Waals surface area contributed by atoms with Crippen LogP contribution in [-0.4, -0.2) is 35.3 Å². The van der Waals surface area contributed by atoms with Crippen molar-refractivity contribution in [1.29, 1.82) is 0 Å². The highest BCUT2D eigenvalue weighted by molar-refractivity contribution is 6.29. The van der Waals surface area contributed by atoms with E-state index in [1.807, 2.05) is 0 Å². The summed E-state index contributed by atoms with van der Waals surface area (Å²) in [5, 5.41) is 12.4. The highest BCUT2D eigenvalue weighted by Crippen LogP contribution is 2.43. The van der Waals surface area contributed by atoms with Gasteiger partial charge in [-0.25, -0.2) is 9.78 Å². The molecule has 1 saturated carbocycles. The van der Waals surface area contributed by atoms with E-state index < -0.39 is 5.97 Å². The van der Waals surface area contributed by atoms with E-state index in [1.54, 1.807) is 7.11 Å². The Morgan fingerprint density at radius 3 is 2.79 bits per heavy atom. The van der Waals surface area contributed by atoms with Gasteiger partial charge in [-0.2, -0.15) is 0 Å². The van der Waals surface area contributed by atoms with E-state index in [4.69, 9.17) is 21.4 Å². The number of ether oxygens (including phenoxy) is 1. The van der Waals surface area contributed by atoms with E-state index in [1.165, 1.54) is 12.1 Å². The van der Waals surface area contributed by atoms with Crippen LogP contribution in [0.3, 0.4) is 0 Å². The van der Waals surface area contributed by atoms with Crippen LogP contribution >= 0.6 is 11.6 Å². The van der Waals surface area contributed by atoms with E-state index in [9.17, 15) is 4.79 Å². The molecule has 0 spiro atoms. The second kappa shape index (κ2) is 4.98. The Balaban J connectivity index is 2.15. The average Bonchev–Trinajstić information content (AvgIpc) is 2.33. The fraction of sp³-hybridized carbons (Fsp3) is 0.538. The van der Waals surface area contributed by atoms with Crippen molar-refractivity contribution in [3.8, 4) is 0 Å². The molecule has 2 atom stereocenters. The number of carbonyl (C=O) groups is 1. The van der Waals surface area contributed by atoms with Gasteiger partial charge in [0.1, 0.15) is 11.0 Å². The first-order valence-corrected chi connectivity index (χ1v) is 6.42. The number of hydrogen-bond acceptors (Lipinski definition) is 4. The molecule has 104 valence electrons. The van der Waals surface area contributed by atoms with E-state index in [-0.39, 0.29) is 28.3 Å². The van der Waals surface area contributed by atoms with Crippen LogP contribution in [0.2, 0.25) is 5.15 Å². The molecule has 0 radical (unpaired) electrons. The molecule has 1 aliphatic carbocycles. The zero-order valence-corrected chi connectivity index (χ0v) is 11.9. The molecule has 1 heterocycles. The Kier molecular flexibility index (Phi) is 3.69. The van der Waals surface area contributed by atoms with Crippen molar-refractivity contribution in [2.45, 2.75) is 32.4 Å². The molecule has 1 aromatic heterocycles. The maximum absolute atomic E-state index is 11.0. The molecule has 0 amide bonds.